The number of nitrogens with zero attached hydrogens (tertiary/aromatic N) is 1. The molecule has 1 aliphatic heterocycles. The molecule has 0 saturated carbocycles. The smallest absolute Gasteiger partial charge is 0.150 e. The Morgan fingerprint density at radius 1 is 1.05 bits per heavy atom. The summed E-state index contributed by atoms with van der Waals surface area (Å²) < 4.78 is 0. The molecule has 1 fully saturated rings. The summed E-state index contributed by atoms with van der Waals surface area (Å²) in [6.45, 7) is 3.39. The fourth-order valence-electron chi connectivity index (χ4n) is 2.50. The van der Waals surface area contributed by atoms with E-state index in [4.69, 9.17) is 0 Å². The quantitative estimate of drug-likeness (QED) is 0.618. The third-order valence-electron chi connectivity index (χ3n) is 3.52. The maximum absolute atomic E-state index is 10.8. The normalized spacial score (nSPS) is 15.1. The summed E-state index contributed by atoms with van der Waals surface area (Å²) in [6.07, 6.45) is 4.62. The van der Waals surface area contributed by atoms with Gasteiger partial charge in [-0.2, -0.15) is 6.42 Å². The van der Waals surface area contributed by atoms with Crippen LogP contribution in [0.15, 0.2) is 36.4 Å². The second-order valence-corrected chi connectivity index (χ2v) is 4.78. The van der Waals surface area contributed by atoms with E-state index in [1.165, 1.54) is 30.3 Å². The molecule has 0 N–H and O–H groups in total. The van der Waals surface area contributed by atoms with Crippen LogP contribution in [0.2, 0.25) is 0 Å². The molecule has 0 atom stereocenters. The zero-order valence-corrected chi connectivity index (χ0v) is 13.7. The summed E-state index contributed by atoms with van der Waals surface area (Å²) in [5.74, 6) is 0. The summed E-state index contributed by atoms with van der Waals surface area (Å²) in [5, 5.41) is 2.32. The van der Waals surface area contributed by atoms with Crippen LogP contribution >= 0.6 is 0 Å². The number of carbonyl (C=O) groups is 1. The predicted molar refractivity (Wildman–Crippen MR) is 74.8 cm³/mol. The van der Waals surface area contributed by atoms with Gasteiger partial charge in [0, 0.05) is 44.0 Å². The Morgan fingerprint density at radius 3 is 2.58 bits per heavy atom. The van der Waals surface area contributed by atoms with Gasteiger partial charge in [0.15, 0.2) is 0 Å². The fraction of sp³-hybridized carbons (Fsp3) is 0.250. The first-order valence-corrected chi connectivity index (χ1v) is 6.46. The Labute approximate surface area is 139 Å². The van der Waals surface area contributed by atoms with E-state index in [1.807, 2.05) is 18.2 Å². The Balaban J connectivity index is 0.00000133. The molecule has 2 aromatic carbocycles. The van der Waals surface area contributed by atoms with Crippen LogP contribution in [0.3, 0.4) is 0 Å². The topological polar surface area (TPSA) is 20.3 Å². The molecule has 1 heterocycles. The number of rotatable bonds is 2. The van der Waals surface area contributed by atoms with E-state index >= 15 is 0 Å². The first-order valence-electron chi connectivity index (χ1n) is 6.46. The number of carbonyl (C=O) groups excluding carboxylic acids is 1. The number of piperidine rings is 1. The van der Waals surface area contributed by atoms with Crippen LogP contribution in [-0.2, 0) is 32.7 Å². The molecule has 0 aliphatic carbocycles. The van der Waals surface area contributed by atoms with Gasteiger partial charge in [0.2, 0.25) is 0 Å². The molecule has 1 radical (unpaired) electrons. The molecular formula is C16H16NOY-. The molecule has 3 heteroatoms. The minimum atomic E-state index is 0. The van der Waals surface area contributed by atoms with Crippen molar-refractivity contribution >= 4 is 22.7 Å². The first kappa shape index (κ1) is 14.7. The van der Waals surface area contributed by atoms with Crippen molar-refractivity contribution in [3.05, 3.63) is 48.5 Å². The van der Waals surface area contributed by atoms with Gasteiger partial charge in [-0.15, -0.1) is 0 Å². The van der Waals surface area contributed by atoms with Crippen molar-refractivity contribution in [1.29, 1.82) is 0 Å². The van der Waals surface area contributed by atoms with E-state index in [-0.39, 0.29) is 32.7 Å². The van der Waals surface area contributed by atoms with E-state index in [2.05, 4.69) is 29.6 Å². The zero-order chi connectivity index (χ0) is 12.4. The summed E-state index contributed by atoms with van der Waals surface area (Å²) in [7, 11) is 0. The van der Waals surface area contributed by atoms with Gasteiger partial charge in [0.1, 0.15) is 6.29 Å². The zero-order valence-electron chi connectivity index (χ0n) is 10.9. The maximum atomic E-state index is 10.8. The van der Waals surface area contributed by atoms with Gasteiger partial charge in [-0.3, -0.25) is 4.79 Å². The average molecular weight is 327 g/mol. The second-order valence-electron chi connectivity index (χ2n) is 4.78. The van der Waals surface area contributed by atoms with Gasteiger partial charge in [-0.25, -0.2) is 6.54 Å². The number of hydrogen-bond acceptors (Lipinski definition) is 2. The number of fused-ring (bicyclic) bond motifs is 1. The SMILES string of the molecule is O=Cc1ccc2cc(N3[CH-]CCCC3)ccc2c1.[Y]. The number of anilines is 1. The van der Waals surface area contributed by atoms with Crippen molar-refractivity contribution in [3.63, 3.8) is 0 Å². The minimum absolute atomic E-state index is 0. The molecule has 2 nitrogen and oxygen atoms in total. The summed E-state index contributed by atoms with van der Waals surface area (Å²) >= 11 is 0. The van der Waals surface area contributed by atoms with Gasteiger partial charge in [0.25, 0.3) is 0 Å². The van der Waals surface area contributed by atoms with Gasteiger partial charge >= 0.3 is 0 Å². The molecule has 1 aliphatic rings. The Hall–Kier alpha value is -0.726. The average Bonchev–Trinajstić information content (AvgIpc) is 2.47. The van der Waals surface area contributed by atoms with E-state index in [0.29, 0.717) is 0 Å². The van der Waals surface area contributed by atoms with Crippen molar-refractivity contribution in [3.8, 4) is 0 Å². The molecule has 19 heavy (non-hydrogen) atoms. The van der Waals surface area contributed by atoms with Gasteiger partial charge in [-0.1, -0.05) is 24.6 Å². The van der Waals surface area contributed by atoms with Crippen LogP contribution in [-0.4, -0.2) is 12.8 Å². The standard InChI is InChI=1S/C16H16NO.Y/c18-12-13-4-5-15-11-16(7-6-14(15)10-13)17-8-2-1-3-9-17;/h4-8,10-12H,1-3,9H2;/q-1;. The van der Waals surface area contributed by atoms with E-state index in [1.54, 1.807) is 0 Å². The third-order valence-corrected chi connectivity index (χ3v) is 3.52. The van der Waals surface area contributed by atoms with Gasteiger partial charge in [-0.05, 0) is 41.9 Å². The van der Waals surface area contributed by atoms with Crippen molar-refractivity contribution in [1.82, 2.24) is 0 Å². The van der Waals surface area contributed by atoms with Crippen molar-refractivity contribution in [2.24, 2.45) is 0 Å². The third kappa shape index (κ3) is 3.24. The predicted octanol–water partition coefficient (Wildman–Crippen LogP) is 3.80. The Bertz CT molecular complexity index is 576. The molecule has 0 unspecified atom stereocenters. The minimum Gasteiger partial charge on any atom is -0.522 e. The second kappa shape index (κ2) is 6.63. The van der Waals surface area contributed by atoms with Gasteiger partial charge in [0.05, 0.1) is 0 Å². The summed E-state index contributed by atoms with van der Waals surface area (Å²) in [5.41, 5.74) is 1.99. The van der Waals surface area contributed by atoms with E-state index < -0.39 is 0 Å². The van der Waals surface area contributed by atoms with Crippen LogP contribution in [0.1, 0.15) is 29.6 Å². The summed E-state index contributed by atoms with van der Waals surface area (Å²) in [4.78, 5) is 13.1. The van der Waals surface area contributed by atoms with Crippen molar-refractivity contribution in [2.45, 2.75) is 19.3 Å². The van der Waals surface area contributed by atoms with Crippen LogP contribution in [0.25, 0.3) is 10.8 Å². The van der Waals surface area contributed by atoms with Crippen molar-refractivity contribution in [2.75, 3.05) is 11.4 Å². The number of benzene rings is 2. The van der Waals surface area contributed by atoms with Crippen LogP contribution in [0, 0.1) is 6.54 Å². The fourth-order valence-corrected chi connectivity index (χ4v) is 2.50. The van der Waals surface area contributed by atoms with Gasteiger partial charge < -0.3 is 4.90 Å². The molecule has 0 aromatic heterocycles. The molecular weight excluding hydrogens is 311 g/mol. The number of hydrogen-bond donors (Lipinski definition) is 0. The van der Waals surface area contributed by atoms with Crippen LogP contribution in [0.5, 0.6) is 0 Å². The largest absolute Gasteiger partial charge is 0.522 e. The Morgan fingerprint density at radius 2 is 1.84 bits per heavy atom. The monoisotopic (exact) mass is 327 g/mol. The molecule has 1 saturated heterocycles. The number of aldehydes is 1. The molecule has 2 aromatic rings. The molecule has 3 rings (SSSR count). The summed E-state index contributed by atoms with van der Waals surface area (Å²) in [6, 6.07) is 12.3. The molecule has 95 valence electrons. The Kier molecular flexibility index (Phi) is 5.12. The first-order chi connectivity index (χ1) is 8.86. The molecule has 0 amide bonds. The molecule has 0 bridgehead atoms. The van der Waals surface area contributed by atoms with Crippen LogP contribution < -0.4 is 4.90 Å². The van der Waals surface area contributed by atoms with E-state index in [0.717, 1.165) is 23.8 Å². The van der Waals surface area contributed by atoms with Crippen LogP contribution in [0.4, 0.5) is 5.69 Å². The molecule has 0 spiro atoms. The van der Waals surface area contributed by atoms with E-state index in [9.17, 15) is 4.79 Å². The van der Waals surface area contributed by atoms with Crippen molar-refractivity contribution < 1.29 is 37.5 Å². The maximum Gasteiger partial charge on any atom is 0.150 e.